The summed E-state index contributed by atoms with van der Waals surface area (Å²) in [6.45, 7) is 2.03. The quantitative estimate of drug-likeness (QED) is 0.541. The van der Waals surface area contributed by atoms with E-state index in [0.29, 0.717) is 5.56 Å². The van der Waals surface area contributed by atoms with Crippen LogP contribution in [0, 0.1) is 0 Å². The number of ketones is 1. The lowest BCUT2D eigenvalue weighted by Crippen LogP contribution is -2.10. The molecule has 0 saturated carbocycles. The Kier molecular flexibility index (Phi) is 5.05. The van der Waals surface area contributed by atoms with Gasteiger partial charge < -0.3 is 5.32 Å². The Morgan fingerprint density at radius 3 is 2.44 bits per heavy atom. The summed E-state index contributed by atoms with van der Waals surface area (Å²) in [5, 5.41) is 4.72. The van der Waals surface area contributed by atoms with Gasteiger partial charge in [-0.15, -0.1) is 0 Å². The number of hydrogen-bond acceptors (Lipinski definition) is 2. The van der Waals surface area contributed by atoms with Crippen molar-refractivity contribution in [2.45, 2.75) is 13.3 Å². The van der Waals surface area contributed by atoms with Crippen LogP contribution in [-0.2, 0) is 11.2 Å². The molecule has 0 atom stereocenters. The highest BCUT2D eigenvalue weighted by Gasteiger charge is 2.08. The largest absolute Gasteiger partial charge is 0.322 e. The van der Waals surface area contributed by atoms with Crippen LogP contribution < -0.4 is 5.32 Å². The molecular weight excluding hydrogens is 310 g/mol. The van der Waals surface area contributed by atoms with E-state index in [1.807, 2.05) is 67.6 Å². The Balaban J connectivity index is 1.77. The molecule has 0 spiro atoms. The van der Waals surface area contributed by atoms with Crippen LogP contribution in [0.1, 0.15) is 22.8 Å². The van der Waals surface area contributed by atoms with Crippen molar-refractivity contribution in [3.05, 3.63) is 90.0 Å². The van der Waals surface area contributed by atoms with Crippen LogP contribution in [0.2, 0.25) is 0 Å². The fraction of sp³-hybridized carbons (Fsp3) is 0.0909. The van der Waals surface area contributed by atoms with Crippen molar-refractivity contribution in [2.75, 3.05) is 5.32 Å². The molecule has 0 heterocycles. The molecule has 0 aliphatic rings. The lowest BCUT2D eigenvalue weighted by molar-refractivity contribution is -0.111. The van der Waals surface area contributed by atoms with Gasteiger partial charge in [-0.2, -0.15) is 0 Å². The maximum atomic E-state index is 12.5. The predicted octanol–water partition coefficient (Wildman–Crippen LogP) is 4.78. The number of carbonyl (C=O) groups is 2. The van der Waals surface area contributed by atoms with Crippen molar-refractivity contribution < 1.29 is 9.59 Å². The number of benzene rings is 3. The van der Waals surface area contributed by atoms with Crippen molar-refractivity contribution >= 4 is 28.2 Å². The van der Waals surface area contributed by atoms with E-state index in [1.54, 1.807) is 6.07 Å². The van der Waals surface area contributed by atoms with Gasteiger partial charge in [-0.05, 0) is 34.9 Å². The molecule has 3 rings (SSSR count). The normalized spacial score (nSPS) is 10.9. The summed E-state index contributed by atoms with van der Waals surface area (Å²) >= 11 is 0. The first-order valence-electron chi connectivity index (χ1n) is 8.28. The van der Waals surface area contributed by atoms with E-state index in [9.17, 15) is 9.59 Å². The number of anilines is 1. The number of aryl methyl sites for hydroxylation is 1. The molecule has 0 aliphatic carbocycles. The van der Waals surface area contributed by atoms with Crippen molar-refractivity contribution in [1.29, 1.82) is 0 Å². The molecule has 124 valence electrons. The number of amides is 1. The second-order valence-corrected chi connectivity index (χ2v) is 5.72. The minimum absolute atomic E-state index is 0.185. The third-order valence-electron chi connectivity index (χ3n) is 4.10. The topological polar surface area (TPSA) is 46.2 Å². The molecule has 0 aromatic heterocycles. The maximum absolute atomic E-state index is 12.5. The molecule has 3 heteroatoms. The Bertz CT molecular complexity index is 952. The smallest absolute Gasteiger partial charge is 0.248 e. The molecule has 0 bridgehead atoms. The standard InChI is InChI=1S/C22H19NO2/c1-2-16-8-4-6-13-20(16)23-22(25)15-14-21(24)19-12-7-10-17-9-3-5-11-18(17)19/h3-15H,2H2,1H3,(H,23,25)/b15-14+. The zero-order chi connectivity index (χ0) is 17.6. The van der Waals surface area contributed by atoms with E-state index in [1.165, 1.54) is 12.2 Å². The number of allylic oxidation sites excluding steroid dienone is 1. The van der Waals surface area contributed by atoms with Gasteiger partial charge in [-0.3, -0.25) is 9.59 Å². The monoisotopic (exact) mass is 329 g/mol. The molecule has 3 aromatic rings. The number of nitrogens with one attached hydrogen (secondary N) is 1. The van der Waals surface area contributed by atoms with Crippen LogP contribution in [0.15, 0.2) is 78.9 Å². The second-order valence-electron chi connectivity index (χ2n) is 5.72. The van der Waals surface area contributed by atoms with Crippen molar-refractivity contribution in [2.24, 2.45) is 0 Å². The Hall–Kier alpha value is -3.20. The van der Waals surface area contributed by atoms with Gasteiger partial charge in [0, 0.05) is 17.3 Å². The highest BCUT2D eigenvalue weighted by atomic mass is 16.1. The summed E-state index contributed by atoms with van der Waals surface area (Å²) in [4.78, 5) is 24.6. The van der Waals surface area contributed by atoms with E-state index >= 15 is 0 Å². The fourth-order valence-electron chi connectivity index (χ4n) is 2.81. The molecule has 0 aliphatic heterocycles. The molecule has 1 N–H and O–H groups in total. The summed E-state index contributed by atoms with van der Waals surface area (Å²) in [6.07, 6.45) is 3.44. The van der Waals surface area contributed by atoms with Crippen LogP contribution in [0.3, 0.4) is 0 Å². The average molecular weight is 329 g/mol. The fourth-order valence-corrected chi connectivity index (χ4v) is 2.81. The highest BCUT2D eigenvalue weighted by molar-refractivity contribution is 6.15. The first kappa shape index (κ1) is 16.7. The maximum Gasteiger partial charge on any atom is 0.248 e. The summed E-state index contributed by atoms with van der Waals surface area (Å²) in [6, 6.07) is 20.9. The first-order valence-corrected chi connectivity index (χ1v) is 8.28. The van der Waals surface area contributed by atoms with Gasteiger partial charge in [0.05, 0.1) is 0 Å². The summed E-state index contributed by atoms with van der Waals surface area (Å²) in [7, 11) is 0. The molecule has 0 fully saturated rings. The van der Waals surface area contributed by atoms with E-state index in [-0.39, 0.29) is 11.7 Å². The molecular formula is C22H19NO2. The number of para-hydroxylation sites is 1. The van der Waals surface area contributed by atoms with Gasteiger partial charge in [-0.1, -0.05) is 67.6 Å². The van der Waals surface area contributed by atoms with Crippen molar-refractivity contribution in [3.63, 3.8) is 0 Å². The summed E-state index contributed by atoms with van der Waals surface area (Å²) in [5.74, 6) is -0.495. The highest BCUT2D eigenvalue weighted by Crippen LogP contribution is 2.19. The van der Waals surface area contributed by atoms with E-state index in [4.69, 9.17) is 0 Å². The first-order chi connectivity index (χ1) is 12.2. The van der Waals surface area contributed by atoms with Crippen LogP contribution in [0.25, 0.3) is 10.8 Å². The zero-order valence-electron chi connectivity index (χ0n) is 14.0. The molecule has 3 aromatic carbocycles. The summed E-state index contributed by atoms with van der Waals surface area (Å²) in [5.41, 5.74) is 2.43. The minimum atomic E-state index is -0.311. The van der Waals surface area contributed by atoms with Gasteiger partial charge in [0.2, 0.25) is 5.91 Å². The third kappa shape index (κ3) is 3.83. The molecule has 0 unspecified atom stereocenters. The Morgan fingerprint density at radius 2 is 1.60 bits per heavy atom. The van der Waals surface area contributed by atoms with E-state index in [2.05, 4.69) is 5.32 Å². The lowest BCUT2D eigenvalue weighted by Gasteiger charge is -2.07. The molecule has 0 saturated heterocycles. The van der Waals surface area contributed by atoms with Crippen LogP contribution in [-0.4, -0.2) is 11.7 Å². The number of hydrogen-bond donors (Lipinski definition) is 1. The number of rotatable bonds is 5. The van der Waals surface area contributed by atoms with E-state index < -0.39 is 0 Å². The van der Waals surface area contributed by atoms with Gasteiger partial charge >= 0.3 is 0 Å². The second kappa shape index (κ2) is 7.58. The Morgan fingerprint density at radius 1 is 0.880 bits per heavy atom. The number of fused-ring (bicyclic) bond motifs is 1. The molecule has 25 heavy (non-hydrogen) atoms. The molecule has 1 amide bonds. The minimum Gasteiger partial charge on any atom is -0.322 e. The van der Waals surface area contributed by atoms with Gasteiger partial charge in [0.25, 0.3) is 0 Å². The predicted molar refractivity (Wildman–Crippen MR) is 102 cm³/mol. The van der Waals surface area contributed by atoms with E-state index in [0.717, 1.165) is 28.4 Å². The van der Waals surface area contributed by atoms with Crippen molar-refractivity contribution in [1.82, 2.24) is 0 Å². The Labute approximate surface area is 147 Å². The van der Waals surface area contributed by atoms with Crippen LogP contribution in [0.4, 0.5) is 5.69 Å². The van der Waals surface area contributed by atoms with Crippen LogP contribution >= 0.6 is 0 Å². The van der Waals surface area contributed by atoms with Gasteiger partial charge in [-0.25, -0.2) is 0 Å². The van der Waals surface area contributed by atoms with Crippen LogP contribution in [0.5, 0.6) is 0 Å². The zero-order valence-corrected chi connectivity index (χ0v) is 14.0. The lowest BCUT2D eigenvalue weighted by atomic mass is 10.0. The SMILES string of the molecule is CCc1ccccc1NC(=O)/C=C/C(=O)c1cccc2ccccc12. The molecule has 3 nitrogen and oxygen atoms in total. The van der Waals surface area contributed by atoms with Crippen molar-refractivity contribution in [3.8, 4) is 0 Å². The average Bonchev–Trinajstić information content (AvgIpc) is 2.66. The van der Waals surface area contributed by atoms with Gasteiger partial charge in [0.15, 0.2) is 5.78 Å². The molecule has 0 radical (unpaired) electrons. The third-order valence-corrected chi connectivity index (χ3v) is 4.10. The number of carbonyl (C=O) groups excluding carboxylic acids is 2. The summed E-state index contributed by atoms with van der Waals surface area (Å²) < 4.78 is 0. The van der Waals surface area contributed by atoms with Gasteiger partial charge in [0.1, 0.15) is 0 Å².